The van der Waals surface area contributed by atoms with Gasteiger partial charge in [-0.15, -0.1) is 0 Å². The lowest BCUT2D eigenvalue weighted by atomic mass is 10.2. The van der Waals surface area contributed by atoms with Crippen LogP contribution in [0.4, 0.5) is 4.39 Å². The zero-order valence-electron chi connectivity index (χ0n) is 12.4. The van der Waals surface area contributed by atoms with E-state index in [-0.39, 0.29) is 23.2 Å². The minimum absolute atomic E-state index is 0.0176. The third-order valence-corrected chi connectivity index (χ3v) is 5.92. The summed E-state index contributed by atoms with van der Waals surface area (Å²) in [5, 5.41) is 3.71. The summed E-state index contributed by atoms with van der Waals surface area (Å²) >= 11 is 0. The van der Waals surface area contributed by atoms with Gasteiger partial charge in [0, 0.05) is 18.2 Å². The topological polar surface area (TPSA) is 63.4 Å². The molecule has 1 aromatic heterocycles. The minimum Gasteiger partial charge on any atom is -0.360 e. The van der Waals surface area contributed by atoms with E-state index in [4.69, 9.17) is 4.52 Å². The van der Waals surface area contributed by atoms with Gasteiger partial charge < -0.3 is 4.52 Å². The average molecular weight is 324 g/mol. The molecule has 118 valence electrons. The molecule has 1 aliphatic carbocycles. The minimum atomic E-state index is -3.76. The van der Waals surface area contributed by atoms with E-state index in [1.54, 1.807) is 32.0 Å². The summed E-state index contributed by atoms with van der Waals surface area (Å²) in [6.45, 7) is 3.18. The van der Waals surface area contributed by atoms with Crippen molar-refractivity contribution in [1.82, 2.24) is 9.46 Å². The molecule has 0 atom stereocenters. The van der Waals surface area contributed by atoms with Crippen molar-refractivity contribution in [3.8, 4) is 0 Å². The number of halogens is 1. The molecule has 0 bridgehead atoms. The van der Waals surface area contributed by atoms with Crippen molar-refractivity contribution in [3.63, 3.8) is 0 Å². The van der Waals surface area contributed by atoms with Gasteiger partial charge in [-0.3, -0.25) is 0 Å². The second-order valence-corrected chi connectivity index (χ2v) is 7.35. The van der Waals surface area contributed by atoms with Crippen LogP contribution in [0, 0.1) is 19.7 Å². The summed E-state index contributed by atoms with van der Waals surface area (Å²) in [5.41, 5.74) is 0.696. The van der Waals surface area contributed by atoms with E-state index in [0.29, 0.717) is 11.3 Å². The summed E-state index contributed by atoms with van der Waals surface area (Å²) in [7, 11) is -3.76. The van der Waals surface area contributed by atoms with Crippen molar-refractivity contribution < 1.29 is 17.3 Å². The summed E-state index contributed by atoms with van der Waals surface area (Å²) in [4.78, 5) is 0.0933. The molecule has 5 nitrogen and oxygen atoms in total. The number of benzene rings is 1. The smallest absolute Gasteiger partial charge is 0.249 e. The van der Waals surface area contributed by atoms with E-state index >= 15 is 0 Å². The highest BCUT2D eigenvalue weighted by molar-refractivity contribution is 7.89. The fraction of sp³-hybridized carbons (Fsp3) is 0.400. The number of nitrogens with zero attached hydrogens (tertiary/aromatic N) is 2. The molecule has 1 fully saturated rings. The second-order valence-electron chi connectivity index (χ2n) is 5.53. The SMILES string of the molecule is Cc1noc(C)c1S(=O)(=O)N(Cc1ccccc1F)C1CC1. The van der Waals surface area contributed by atoms with Crippen molar-refractivity contribution in [2.75, 3.05) is 0 Å². The number of rotatable bonds is 5. The number of aryl methyl sites for hydroxylation is 2. The van der Waals surface area contributed by atoms with E-state index in [0.717, 1.165) is 12.8 Å². The van der Waals surface area contributed by atoms with Crippen LogP contribution in [0.1, 0.15) is 29.9 Å². The lowest BCUT2D eigenvalue weighted by Gasteiger charge is -2.22. The third kappa shape index (κ3) is 2.66. The maximum atomic E-state index is 13.9. The standard InChI is InChI=1S/C15H17FN2O3S/c1-10-15(11(2)21-17-10)22(19,20)18(13-7-8-13)9-12-5-3-4-6-14(12)16/h3-6,13H,7-9H2,1-2H3. The van der Waals surface area contributed by atoms with Crippen LogP contribution in [0.15, 0.2) is 33.7 Å². The monoisotopic (exact) mass is 324 g/mol. The average Bonchev–Trinajstić information content (AvgIpc) is 3.23. The Balaban J connectivity index is 2.00. The molecule has 0 N–H and O–H groups in total. The Bertz CT molecular complexity index is 777. The van der Waals surface area contributed by atoms with E-state index < -0.39 is 15.8 Å². The first-order chi connectivity index (χ1) is 10.4. The molecule has 1 aromatic carbocycles. The second kappa shape index (κ2) is 5.48. The van der Waals surface area contributed by atoms with Crippen molar-refractivity contribution in [2.24, 2.45) is 0 Å². The van der Waals surface area contributed by atoms with Crippen molar-refractivity contribution in [1.29, 1.82) is 0 Å². The molecule has 2 aromatic rings. The maximum Gasteiger partial charge on any atom is 0.249 e. The molecule has 0 unspecified atom stereocenters. The van der Waals surface area contributed by atoms with E-state index in [2.05, 4.69) is 5.16 Å². The highest BCUT2D eigenvalue weighted by Gasteiger charge is 2.40. The Morgan fingerprint density at radius 1 is 1.32 bits per heavy atom. The molecule has 0 spiro atoms. The van der Waals surface area contributed by atoms with Gasteiger partial charge in [0.1, 0.15) is 16.4 Å². The van der Waals surface area contributed by atoms with Crippen LogP contribution in [0.2, 0.25) is 0 Å². The van der Waals surface area contributed by atoms with Crippen LogP contribution in [-0.2, 0) is 16.6 Å². The number of sulfonamides is 1. The molecule has 0 radical (unpaired) electrons. The van der Waals surface area contributed by atoms with Crippen molar-refractivity contribution >= 4 is 10.0 Å². The van der Waals surface area contributed by atoms with Crippen LogP contribution in [-0.4, -0.2) is 23.9 Å². The molecule has 7 heteroatoms. The van der Waals surface area contributed by atoms with Crippen molar-refractivity contribution in [3.05, 3.63) is 47.1 Å². The first-order valence-corrected chi connectivity index (χ1v) is 8.53. The van der Waals surface area contributed by atoms with Crippen LogP contribution in [0.5, 0.6) is 0 Å². The van der Waals surface area contributed by atoms with Crippen molar-refractivity contribution in [2.45, 2.75) is 44.2 Å². The lowest BCUT2D eigenvalue weighted by molar-refractivity contribution is 0.382. The van der Waals surface area contributed by atoms with Gasteiger partial charge in [-0.1, -0.05) is 23.4 Å². The van der Waals surface area contributed by atoms with Gasteiger partial charge in [0.15, 0.2) is 5.76 Å². The molecule has 22 heavy (non-hydrogen) atoms. The summed E-state index contributed by atoms with van der Waals surface area (Å²) in [5.74, 6) is -0.140. The number of hydrogen-bond acceptors (Lipinski definition) is 4. The molecule has 0 aliphatic heterocycles. The Hall–Kier alpha value is -1.73. The van der Waals surface area contributed by atoms with Gasteiger partial charge >= 0.3 is 0 Å². The normalized spacial score (nSPS) is 15.5. The molecule has 1 aliphatic rings. The van der Waals surface area contributed by atoms with Crippen LogP contribution in [0.3, 0.4) is 0 Å². The quantitative estimate of drug-likeness (QED) is 0.848. The van der Waals surface area contributed by atoms with Crippen LogP contribution >= 0.6 is 0 Å². The fourth-order valence-corrected chi connectivity index (χ4v) is 4.49. The zero-order valence-corrected chi connectivity index (χ0v) is 13.2. The van der Waals surface area contributed by atoms with Gasteiger partial charge in [-0.2, -0.15) is 4.31 Å². The van der Waals surface area contributed by atoms with Gasteiger partial charge in [0.2, 0.25) is 10.0 Å². The number of hydrogen-bond donors (Lipinski definition) is 0. The number of aromatic nitrogens is 1. The Kier molecular flexibility index (Phi) is 3.78. The van der Waals surface area contributed by atoms with Gasteiger partial charge in [0.25, 0.3) is 0 Å². The first-order valence-electron chi connectivity index (χ1n) is 7.09. The molecular formula is C15H17FN2O3S. The van der Waals surface area contributed by atoms with Gasteiger partial charge in [-0.25, -0.2) is 12.8 Å². The molecule has 3 rings (SSSR count). The molecular weight excluding hydrogens is 307 g/mol. The van der Waals surface area contributed by atoms with Gasteiger partial charge in [-0.05, 0) is 32.8 Å². The maximum absolute atomic E-state index is 13.9. The zero-order chi connectivity index (χ0) is 15.9. The summed E-state index contributed by atoms with van der Waals surface area (Å²) < 4.78 is 46.1. The Labute approximate surface area is 128 Å². The Morgan fingerprint density at radius 3 is 2.55 bits per heavy atom. The predicted octanol–water partition coefficient (Wildman–Crippen LogP) is 2.78. The van der Waals surface area contributed by atoms with Crippen LogP contribution in [0.25, 0.3) is 0 Å². The summed E-state index contributed by atoms with van der Waals surface area (Å²) in [6.07, 6.45) is 1.58. The molecule has 1 heterocycles. The van der Waals surface area contributed by atoms with E-state index in [1.807, 2.05) is 0 Å². The highest BCUT2D eigenvalue weighted by Crippen LogP contribution is 2.35. The first kappa shape index (κ1) is 15.2. The molecule has 0 saturated heterocycles. The van der Waals surface area contributed by atoms with E-state index in [1.165, 1.54) is 10.4 Å². The predicted molar refractivity (Wildman–Crippen MR) is 78.1 cm³/mol. The lowest BCUT2D eigenvalue weighted by Crippen LogP contribution is -2.33. The largest absolute Gasteiger partial charge is 0.360 e. The molecule has 0 amide bonds. The third-order valence-electron chi connectivity index (χ3n) is 3.77. The Morgan fingerprint density at radius 2 is 2.00 bits per heavy atom. The van der Waals surface area contributed by atoms with Gasteiger partial charge in [0.05, 0.1) is 0 Å². The van der Waals surface area contributed by atoms with Crippen LogP contribution < -0.4 is 0 Å². The van der Waals surface area contributed by atoms with E-state index in [9.17, 15) is 12.8 Å². The summed E-state index contributed by atoms with van der Waals surface area (Å²) in [6, 6.07) is 6.14. The molecule has 1 saturated carbocycles. The fourth-order valence-electron chi connectivity index (χ4n) is 2.53. The highest BCUT2D eigenvalue weighted by atomic mass is 32.2.